The first-order chi connectivity index (χ1) is 10.5. The molecule has 1 aromatic rings. The Morgan fingerprint density at radius 1 is 1.50 bits per heavy atom. The van der Waals surface area contributed by atoms with Crippen LogP contribution >= 0.6 is 11.6 Å². The Bertz CT molecular complexity index is 536. The molecule has 1 aliphatic rings. The van der Waals surface area contributed by atoms with Crippen LogP contribution in [0.2, 0.25) is 5.02 Å². The van der Waals surface area contributed by atoms with Gasteiger partial charge in [0, 0.05) is 23.7 Å². The lowest BCUT2D eigenvalue weighted by Crippen LogP contribution is -2.46. The van der Waals surface area contributed by atoms with E-state index in [0.29, 0.717) is 29.0 Å². The number of aryl methyl sites for hydroxylation is 1. The summed E-state index contributed by atoms with van der Waals surface area (Å²) in [5.74, 6) is 0.549. The summed E-state index contributed by atoms with van der Waals surface area (Å²) in [6.45, 7) is 4.16. The van der Waals surface area contributed by atoms with E-state index in [1.807, 2.05) is 20.0 Å². The van der Waals surface area contributed by atoms with Gasteiger partial charge < -0.3 is 15.4 Å². The number of nitrogens with one attached hydrogen (secondary N) is 2. The summed E-state index contributed by atoms with van der Waals surface area (Å²) in [4.78, 5) is 14.5. The van der Waals surface area contributed by atoms with Gasteiger partial charge in [-0.3, -0.25) is 9.69 Å². The minimum absolute atomic E-state index is 0.0308. The number of piperidine rings is 1. The number of anilines is 1. The van der Waals surface area contributed by atoms with E-state index in [2.05, 4.69) is 15.5 Å². The molecular formula is C16H24ClN3O2. The van der Waals surface area contributed by atoms with Crippen LogP contribution < -0.4 is 15.4 Å². The summed E-state index contributed by atoms with van der Waals surface area (Å²) in [6.07, 6.45) is 2.28. The highest BCUT2D eigenvalue weighted by molar-refractivity contribution is 6.31. The van der Waals surface area contributed by atoms with Crippen LogP contribution in [0.5, 0.6) is 5.75 Å². The van der Waals surface area contributed by atoms with Gasteiger partial charge in [-0.2, -0.15) is 0 Å². The average Bonchev–Trinajstić information content (AvgIpc) is 2.50. The summed E-state index contributed by atoms with van der Waals surface area (Å²) in [6, 6.07) is 4.03. The van der Waals surface area contributed by atoms with Crippen molar-refractivity contribution in [1.29, 1.82) is 0 Å². The Balaban J connectivity index is 1.98. The van der Waals surface area contributed by atoms with Crippen molar-refractivity contribution in [2.75, 3.05) is 39.1 Å². The van der Waals surface area contributed by atoms with E-state index in [-0.39, 0.29) is 5.91 Å². The second-order valence-corrected chi connectivity index (χ2v) is 6.12. The average molecular weight is 326 g/mol. The van der Waals surface area contributed by atoms with E-state index < -0.39 is 0 Å². The first-order valence-corrected chi connectivity index (χ1v) is 7.95. The number of ether oxygens (including phenoxy) is 1. The van der Waals surface area contributed by atoms with Crippen LogP contribution in [0.1, 0.15) is 18.4 Å². The number of methoxy groups -OCH3 is 1. The predicted octanol–water partition coefficient (Wildman–Crippen LogP) is 2.28. The molecule has 1 fully saturated rings. The van der Waals surface area contributed by atoms with E-state index >= 15 is 0 Å². The Kier molecular flexibility index (Phi) is 6.06. The van der Waals surface area contributed by atoms with Crippen molar-refractivity contribution in [3.63, 3.8) is 0 Å². The molecular weight excluding hydrogens is 302 g/mol. The molecule has 2 rings (SSSR count). The molecule has 0 spiro atoms. The maximum absolute atomic E-state index is 12.3. The molecule has 1 aromatic carbocycles. The SMILES string of the molecule is CNC1CCCN(CC(=O)Nc2cc(C)c(Cl)cc2OC)C1. The van der Waals surface area contributed by atoms with Gasteiger partial charge in [0.05, 0.1) is 19.3 Å². The molecule has 2 N–H and O–H groups in total. The van der Waals surface area contributed by atoms with Crippen LogP contribution in [0.3, 0.4) is 0 Å². The molecule has 0 radical (unpaired) electrons. The van der Waals surface area contributed by atoms with Gasteiger partial charge in [-0.15, -0.1) is 0 Å². The lowest BCUT2D eigenvalue weighted by Gasteiger charge is -2.31. The molecule has 0 aromatic heterocycles. The Morgan fingerprint density at radius 3 is 2.95 bits per heavy atom. The molecule has 6 heteroatoms. The standard InChI is InChI=1S/C16H24ClN3O2/c1-11-7-14(15(22-3)8-13(11)17)19-16(21)10-20-6-4-5-12(9-20)18-2/h7-8,12,18H,4-6,9-10H2,1-3H3,(H,19,21). The van der Waals surface area contributed by atoms with Crippen LogP contribution in [0.15, 0.2) is 12.1 Å². The van der Waals surface area contributed by atoms with Crippen LogP contribution in [0.4, 0.5) is 5.69 Å². The monoisotopic (exact) mass is 325 g/mol. The van der Waals surface area contributed by atoms with Gasteiger partial charge in [-0.1, -0.05) is 11.6 Å². The highest BCUT2D eigenvalue weighted by Crippen LogP contribution is 2.30. The van der Waals surface area contributed by atoms with Crippen molar-refractivity contribution in [2.24, 2.45) is 0 Å². The van der Waals surface area contributed by atoms with E-state index in [1.165, 1.54) is 6.42 Å². The van der Waals surface area contributed by atoms with E-state index in [9.17, 15) is 4.79 Å². The molecule has 5 nitrogen and oxygen atoms in total. The normalized spacial score (nSPS) is 19.0. The number of hydrogen-bond acceptors (Lipinski definition) is 4. The summed E-state index contributed by atoms with van der Waals surface area (Å²) in [7, 11) is 3.54. The van der Waals surface area contributed by atoms with Crippen molar-refractivity contribution in [3.05, 3.63) is 22.7 Å². The van der Waals surface area contributed by atoms with Crippen LogP contribution in [0.25, 0.3) is 0 Å². The predicted molar refractivity (Wildman–Crippen MR) is 89.9 cm³/mol. The quantitative estimate of drug-likeness (QED) is 0.872. The molecule has 22 heavy (non-hydrogen) atoms. The zero-order valence-electron chi connectivity index (χ0n) is 13.4. The van der Waals surface area contributed by atoms with Crippen molar-refractivity contribution < 1.29 is 9.53 Å². The number of hydrogen-bond donors (Lipinski definition) is 2. The fourth-order valence-electron chi connectivity index (χ4n) is 2.76. The minimum Gasteiger partial charge on any atom is -0.495 e. The Hall–Kier alpha value is -1.30. The smallest absolute Gasteiger partial charge is 0.238 e. The van der Waals surface area contributed by atoms with E-state index in [1.54, 1.807) is 13.2 Å². The Labute approximate surface area is 137 Å². The van der Waals surface area contributed by atoms with Gasteiger partial charge >= 0.3 is 0 Å². The Morgan fingerprint density at radius 2 is 2.27 bits per heavy atom. The van der Waals surface area contributed by atoms with E-state index in [0.717, 1.165) is 25.1 Å². The third-order valence-electron chi connectivity index (χ3n) is 4.04. The lowest BCUT2D eigenvalue weighted by atomic mass is 10.1. The largest absolute Gasteiger partial charge is 0.495 e. The van der Waals surface area contributed by atoms with E-state index in [4.69, 9.17) is 16.3 Å². The molecule has 1 aliphatic heterocycles. The zero-order valence-corrected chi connectivity index (χ0v) is 14.2. The number of likely N-dealkylation sites (tertiary alicyclic amines) is 1. The minimum atomic E-state index is -0.0308. The highest BCUT2D eigenvalue weighted by atomic mass is 35.5. The second kappa shape index (κ2) is 7.81. The number of carbonyl (C=O) groups is 1. The van der Waals surface area contributed by atoms with Gasteiger partial charge in [0.15, 0.2) is 0 Å². The molecule has 1 saturated heterocycles. The van der Waals surface area contributed by atoms with Crippen molar-refractivity contribution >= 4 is 23.2 Å². The summed E-state index contributed by atoms with van der Waals surface area (Å²) in [5, 5.41) is 6.83. The summed E-state index contributed by atoms with van der Waals surface area (Å²) < 4.78 is 5.28. The molecule has 1 atom stereocenters. The number of rotatable bonds is 5. The molecule has 1 heterocycles. The van der Waals surface area contributed by atoms with Gasteiger partial charge in [0.2, 0.25) is 5.91 Å². The van der Waals surface area contributed by atoms with Gasteiger partial charge in [-0.25, -0.2) is 0 Å². The number of amides is 1. The fourth-order valence-corrected chi connectivity index (χ4v) is 2.91. The van der Waals surface area contributed by atoms with Crippen molar-refractivity contribution in [1.82, 2.24) is 10.2 Å². The van der Waals surface area contributed by atoms with Crippen molar-refractivity contribution in [2.45, 2.75) is 25.8 Å². The molecule has 1 unspecified atom stereocenters. The maximum Gasteiger partial charge on any atom is 0.238 e. The van der Waals surface area contributed by atoms with Crippen molar-refractivity contribution in [3.8, 4) is 5.75 Å². The van der Waals surface area contributed by atoms with Crippen LogP contribution in [-0.4, -0.2) is 50.6 Å². The molecule has 0 bridgehead atoms. The first kappa shape index (κ1) is 17.1. The highest BCUT2D eigenvalue weighted by Gasteiger charge is 2.20. The number of nitrogens with zero attached hydrogens (tertiary/aromatic N) is 1. The molecule has 0 aliphatic carbocycles. The number of halogens is 1. The molecule has 1 amide bonds. The first-order valence-electron chi connectivity index (χ1n) is 7.57. The van der Waals surface area contributed by atoms with Crippen LogP contribution in [0, 0.1) is 6.92 Å². The van der Waals surface area contributed by atoms with Gasteiger partial charge in [-0.05, 0) is 45.0 Å². The summed E-state index contributed by atoms with van der Waals surface area (Å²) in [5.41, 5.74) is 1.57. The summed E-state index contributed by atoms with van der Waals surface area (Å²) >= 11 is 6.08. The number of benzene rings is 1. The van der Waals surface area contributed by atoms with Gasteiger partial charge in [0.25, 0.3) is 0 Å². The number of likely N-dealkylation sites (N-methyl/N-ethyl adjacent to an activating group) is 1. The second-order valence-electron chi connectivity index (χ2n) is 5.71. The number of carbonyl (C=O) groups excluding carboxylic acids is 1. The fraction of sp³-hybridized carbons (Fsp3) is 0.562. The molecule has 122 valence electrons. The third-order valence-corrected chi connectivity index (χ3v) is 4.44. The maximum atomic E-state index is 12.3. The lowest BCUT2D eigenvalue weighted by molar-refractivity contribution is -0.117. The van der Waals surface area contributed by atoms with Crippen LogP contribution in [-0.2, 0) is 4.79 Å². The third kappa shape index (κ3) is 4.35. The zero-order chi connectivity index (χ0) is 16.1. The topological polar surface area (TPSA) is 53.6 Å². The van der Waals surface area contributed by atoms with Gasteiger partial charge in [0.1, 0.15) is 5.75 Å². The molecule has 0 saturated carbocycles.